The van der Waals surface area contributed by atoms with Crippen molar-refractivity contribution in [1.82, 2.24) is 0 Å². The summed E-state index contributed by atoms with van der Waals surface area (Å²) in [5, 5.41) is -0.170. The molecule has 3 nitrogen and oxygen atoms in total. The van der Waals surface area contributed by atoms with Gasteiger partial charge in [-0.25, -0.2) is 4.39 Å². The first-order chi connectivity index (χ1) is 10.7. The molecule has 0 aliphatic carbocycles. The van der Waals surface area contributed by atoms with Crippen LogP contribution in [0.15, 0.2) is 53.4 Å². The minimum Gasteiger partial charge on any atom is -0.329 e. The Bertz CT molecular complexity index is 592. The Labute approximate surface area is 134 Å². The van der Waals surface area contributed by atoms with E-state index >= 15 is 0 Å². The van der Waals surface area contributed by atoms with Crippen LogP contribution < -0.4 is 17.0 Å². The van der Waals surface area contributed by atoms with Gasteiger partial charge >= 0.3 is 0 Å². The highest BCUT2D eigenvalue weighted by Gasteiger charge is 2.07. The molecule has 2 rings (SSSR count). The molecular formula is C17H20FN3S. The van der Waals surface area contributed by atoms with Crippen molar-refractivity contribution in [2.45, 2.75) is 10.1 Å². The molecule has 5 heteroatoms. The maximum absolute atomic E-state index is 12.7. The lowest BCUT2D eigenvalue weighted by Crippen LogP contribution is -2.18. The third-order valence-corrected chi connectivity index (χ3v) is 4.36. The third kappa shape index (κ3) is 4.87. The summed E-state index contributed by atoms with van der Waals surface area (Å²) < 4.78 is 12.7. The lowest BCUT2D eigenvalue weighted by Gasteiger charge is -2.09. The van der Waals surface area contributed by atoms with E-state index in [4.69, 9.17) is 11.6 Å². The largest absolute Gasteiger partial charge is 0.329 e. The average molecular weight is 317 g/mol. The van der Waals surface area contributed by atoms with E-state index in [-0.39, 0.29) is 5.25 Å². The zero-order chi connectivity index (χ0) is 15.8. The lowest BCUT2D eigenvalue weighted by atomic mass is 10.1. The molecule has 0 aromatic heterocycles. The van der Waals surface area contributed by atoms with Gasteiger partial charge in [-0.1, -0.05) is 36.4 Å². The van der Waals surface area contributed by atoms with E-state index in [0.717, 1.165) is 21.7 Å². The molecule has 0 fully saturated rings. The number of nitrogens with one attached hydrogen (secondary N) is 1. The quantitative estimate of drug-likeness (QED) is 0.316. The maximum atomic E-state index is 12.7. The number of alkyl halides is 1. The molecule has 0 aliphatic rings. The summed E-state index contributed by atoms with van der Waals surface area (Å²) in [5.41, 5.74) is 11.2. The Morgan fingerprint density at radius 2 is 1.55 bits per heavy atom. The molecule has 0 spiro atoms. The molecule has 0 heterocycles. The van der Waals surface area contributed by atoms with E-state index in [2.05, 4.69) is 5.43 Å². The van der Waals surface area contributed by atoms with Crippen molar-refractivity contribution in [3.63, 3.8) is 0 Å². The summed E-state index contributed by atoms with van der Waals surface area (Å²) in [6.45, 7) is -0.0626. The Morgan fingerprint density at radius 1 is 1.00 bits per heavy atom. The highest BCUT2D eigenvalue weighted by atomic mass is 32.2. The summed E-state index contributed by atoms with van der Waals surface area (Å²) in [4.78, 5) is 1.03. The van der Waals surface area contributed by atoms with E-state index < -0.39 is 6.67 Å². The molecule has 1 unspecified atom stereocenters. The summed E-state index contributed by atoms with van der Waals surface area (Å²) in [7, 11) is 0. The fraction of sp³-hybridized carbons (Fsp3) is 0.176. The van der Waals surface area contributed by atoms with Gasteiger partial charge in [-0.3, -0.25) is 5.84 Å². The number of hydrogen-bond donors (Lipinski definition) is 3. The highest BCUT2D eigenvalue weighted by Crippen LogP contribution is 2.24. The van der Waals surface area contributed by atoms with Crippen LogP contribution in [0.5, 0.6) is 0 Å². The molecule has 116 valence electrons. The number of nitrogens with two attached hydrogens (primary N) is 2. The average Bonchev–Trinajstić information content (AvgIpc) is 2.59. The molecule has 5 N–H and O–H groups in total. The summed E-state index contributed by atoms with van der Waals surface area (Å²) >= 11 is 1.47. The highest BCUT2D eigenvalue weighted by molar-refractivity contribution is 8.00. The number of benzene rings is 2. The van der Waals surface area contributed by atoms with Gasteiger partial charge in [0.2, 0.25) is 0 Å². The van der Waals surface area contributed by atoms with Crippen LogP contribution in [-0.4, -0.2) is 18.5 Å². The van der Waals surface area contributed by atoms with Crippen LogP contribution in [0, 0.1) is 0 Å². The van der Waals surface area contributed by atoms with Gasteiger partial charge in [0.15, 0.2) is 0 Å². The number of hydrazine groups is 1. The van der Waals surface area contributed by atoms with Gasteiger partial charge < -0.3 is 11.2 Å². The second-order valence-corrected chi connectivity index (χ2v) is 6.17. The number of halogens is 1. The standard InChI is InChI=1S/C17H20FN3S/c18-11-17(12-19)22-16-9-5-14(6-10-16)2-1-13-3-7-15(21-20)8-4-13/h1-10,17,21H,11-12,19-20H2/b2-1+. The lowest BCUT2D eigenvalue weighted by molar-refractivity contribution is 0.485. The van der Waals surface area contributed by atoms with Crippen LogP contribution in [-0.2, 0) is 0 Å². The second kappa shape index (κ2) is 8.58. The number of hydrogen-bond acceptors (Lipinski definition) is 4. The van der Waals surface area contributed by atoms with Crippen molar-refractivity contribution in [1.29, 1.82) is 0 Å². The van der Waals surface area contributed by atoms with Crippen molar-refractivity contribution >= 4 is 29.6 Å². The maximum Gasteiger partial charge on any atom is 0.103 e. The molecule has 2 aromatic rings. The molecule has 1 atom stereocenters. The first-order valence-electron chi connectivity index (χ1n) is 7.02. The van der Waals surface area contributed by atoms with Gasteiger partial charge in [0, 0.05) is 17.1 Å². The van der Waals surface area contributed by atoms with Crippen LogP contribution in [0.3, 0.4) is 0 Å². The van der Waals surface area contributed by atoms with Gasteiger partial charge in [-0.05, 0) is 35.4 Å². The molecular weight excluding hydrogens is 297 g/mol. The Hall–Kier alpha value is -1.82. The van der Waals surface area contributed by atoms with E-state index in [9.17, 15) is 4.39 Å². The molecule has 2 aromatic carbocycles. The van der Waals surface area contributed by atoms with Crippen LogP contribution >= 0.6 is 11.8 Å². The molecule has 22 heavy (non-hydrogen) atoms. The zero-order valence-corrected chi connectivity index (χ0v) is 13.0. The molecule has 0 bridgehead atoms. The Balaban J connectivity index is 1.99. The topological polar surface area (TPSA) is 64.1 Å². The normalized spacial score (nSPS) is 12.5. The number of nitrogen functional groups attached to an aromatic ring is 1. The Morgan fingerprint density at radius 3 is 2.00 bits per heavy atom. The van der Waals surface area contributed by atoms with Gasteiger partial charge in [0.25, 0.3) is 0 Å². The summed E-state index contributed by atoms with van der Waals surface area (Å²) in [6.07, 6.45) is 4.07. The van der Waals surface area contributed by atoms with Gasteiger partial charge in [-0.2, -0.15) is 0 Å². The zero-order valence-electron chi connectivity index (χ0n) is 12.2. The predicted octanol–water partition coefficient (Wildman–Crippen LogP) is 3.53. The fourth-order valence-electron chi connectivity index (χ4n) is 1.88. The van der Waals surface area contributed by atoms with Crippen LogP contribution in [0.2, 0.25) is 0 Å². The molecule has 0 radical (unpaired) electrons. The van der Waals surface area contributed by atoms with Crippen molar-refractivity contribution in [3.05, 3.63) is 59.7 Å². The minimum atomic E-state index is -0.406. The third-order valence-electron chi connectivity index (χ3n) is 3.16. The fourth-order valence-corrected chi connectivity index (χ4v) is 2.71. The minimum absolute atomic E-state index is 0.170. The molecule has 0 amide bonds. The molecule has 0 saturated heterocycles. The van der Waals surface area contributed by atoms with E-state index in [0.29, 0.717) is 6.54 Å². The predicted molar refractivity (Wildman–Crippen MR) is 94.3 cm³/mol. The smallest absolute Gasteiger partial charge is 0.103 e. The molecule has 0 aliphatic heterocycles. The first-order valence-corrected chi connectivity index (χ1v) is 7.90. The van der Waals surface area contributed by atoms with Crippen LogP contribution in [0.25, 0.3) is 12.2 Å². The first kappa shape index (κ1) is 16.5. The van der Waals surface area contributed by atoms with E-state index in [1.807, 2.05) is 60.7 Å². The van der Waals surface area contributed by atoms with E-state index in [1.54, 1.807) is 0 Å². The van der Waals surface area contributed by atoms with Gasteiger partial charge in [0.05, 0.1) is 5.25 Å². The van der Waals surface area contributed by atoms with Gasteiger partial charge in [0.1, 0.15) is 6.67 Å². The van der Waals surface area contributed by atoms with E-state index in [1.165, 1.54) is 11.8 Å². The van der Waals surface area contributed by atoms with Crippen molar-refractivity contribution in [3.8, 4) is 0 Å². The second-order valence-electron chi connectivity index (χ2n) is 4.80. The van der Waals surface area contributed by atoms with Crippen LogP contribution in [0.4, 0.5) is 10.1 Å². The summed E-state index contributed by atoms with van der Waals surface area (Å²) in [5.74, 6) is 5.33. The van der Waals surface area contributed by atoms with Crippen LogP contribution in [0.1, 0.15) is 11.1 Å². The summed E-state index contributed by atoms with van der Waals surface area (Å²) in [6, 6.07) is 15.8. The molecule has 0 saturated carbocycles. The van der Waals surface area contributed by atoms with Gasteiger partial charge in [-0.15, -0.1) is 11.8 Å². The number of anilines is 1. The Kier molecular flexibility index (Phi) is 6.45. The number of rotatable bonds is 7. The van der Waals surface area contributed by atoms with Crippen molar-refractivity contribution < 1.29 is 4.39 Å². The van der Waals surface area contributed by atoms with Crippen molar-refractivity contribution in [2.75, 3.05) is 18.6 Å². The number of thioether (sulfide) groups is 1. The monoisotopic (exact) mass is 317 g/mol. The SMILES string of the molecule is NCC(CF)Sc1ccc(/C=C/c2ccc(NN)cc2)cc1. The van der Waals surface area contributed by atoms with Crippen molar-refractivity contribution in [2.24, 2.45) is 11.6 Å².